The zero-order chi connectivity index (χ0) is 13.5. The quantitative estimate of drug-likeness (QED) is 0.877. The molecule has 19 heavy (non-hydrogen) atoms. The minimum atomic E-state index is 0.200. The van der Waals surface area contributed by atoms with Crippen LogP contribution in [0.25, 0.3) is 0 Å². The summed E-state index contributed by atoms with van der Waals surface area (Å²) in [5.41, 5.74) is 4.68. The third kappa shape index (κ3) is 1.88. The van der Waals surface area contributed by atoms with Crippen LogP contribution in [0.15, 0.2) is 12.1 Å². The van der Waals surface area contributed by atoms with E-state index in [0.29, 0.717) is 0 Å². The molecule has 0 amide bonds. The second-order valence-electron chi connectivity index (χ2n) is 6.17. The Morgan fingerprint density at radius 1 is 1.26 bits per heavy atom. The highest BCUT2D eigenvalue weighted by molar-refractivity contribution is 5.47. The predicted octanol–water partition coefficient (Wildman–Crippen LogP) is 3.55. The first-order valence-electron chi connectivity index (χ1n) is 7.58. The smallest absolute Gasteiger partial charge is 0.119 e. The average Bonchev–Trinajstić information content (AvgIpc) is 2.46. The molecular formula is C17H25NO. The Morgan fingerprint density at radius 3 is 2.84 bits per heavy atom. The average molecular weight is 259 g/mol. The van der Waals surface area contributed by atoms with E-state index in [1.54, 1.807) is 12.7 Å². The number of ether oxygens (including phenoxy) is 1. The molecule has 1 fully saturated rings. The predicted molar refractivity (Wildman–Crippen MR) is 78.7 cm³/mol. The van der Waals surface area contributed by atoms with E-state index in [9.17, 15) is 0 Å². The van der Waals surface area contributed by atoms with Crippen molar-refractivity contribution in [3.05, 3.63) is 28.8 Å². The second-order valence-corrected chi connectivity index (χ2v) is 6.17. The van der Waals surface area contributed by atoms with E-state index in [0.717, 1.165) is 11.7 Å². The lowest BCUT2D eigenvalue weighted by Gasteiger charge is -2.49. The van der Waals surface area contributed by atoms with Crippen molar-refractivity contribution in [2.75, 3.05) is 14.2 Å². The highest BCUT2D eigenvalue weighted by atomic mass is 16.5. The molecule has 104 valence electrons. The SMILES string of the molecule is CN[C@@]12CCCC[C@@H]1CCc1c(C)cc(OC)cc12. The van der Waals surface area contributed by atoms with Crippen molar-refractivity contribution in [3.8, 4) is 5.75 Å². The minimum absolute atomic E-state index is 0.200. The standard InChI is InChI=1S/C17H25NO/c1-12-10-14(19-3)11-16-15(12)8-7-13-6-4-5-9-17(13,16)18-2/h10-11,13,18H,4-9H2,1-3H3/t13-,17+/m1/s1. The molecule has 0 spiro atoms. The first kappa shape index (κ1) is 13.0. The van der Waals surface area contributed by atoms with Gasteiger partial charge < -0.3 is 10.1 Å². The van der Waals surface area contributed by atoms with Gasteiger partial charge in [-0.3, -0.25) is 0 Å². The van der Waals surface area contributed by atoms with Crippen LogP contribution in [0.2, 0.25) is 0 Å². The van der Waals surface area contributed by atoms with Gasteiger partial charge in [0.25, 0.3) is 0 Å². The van der Waals surface area contributed by atoms with Crippen LogP contribution in [0.5, 0.6) is 5.75 Å². The van der Waals surface area contributed by atoms with Gasteiger partial charge in [-0.15, -0.1) is 0 Å². The van der Waals surface area contributed by atoms with Crippen LogP contribution in [0, 0.1) is 12.8 Å². The Morgan fingerprint density at radius 2 is 2.11 bits per heavy atom. The monoisotopic (exact) mass is 259 g/mol. The van der Waals surface area contributed by atoms with Gasteiger partial charge in [0.15, 0.2) is 0 Å². The number of methoxy groups -OCH3 is 1. The van der Waals surface area contributed by atoms with Gasteiger partial charge >= 0.3 is 0 Å². The number of benzene rings is 1. The topological polar surface area (TPSA) is 21.3 Å². The van der Waals surface area contributed by atoms with Crippen molar-refractivity contribution >= 4 is 0 Å². The largest absolute Gasteiger partial charge is 0.497 e. The first-order chi connectivity index (χ1) is 9.21. The molecule has 2 aliphatic carbocycles. The number of hydrogen-bond acceptors (Lipinski definition) is 2. The number of hydrogen-bond donors (Lipinski definition) is 1. The summed E-state index contributed by atoms with van der Waals surface area (Å²) in [5, 5.41) is 3.70. The molecule has 0 saturated heterocycles. The molecule has 3 rings (SSSR count). The zero-order valence-corrected chi connectivity index (χ0v) is 12.4. The Bertz CT molecular complexity index is 482. The molecular weight excluding hydrogens is 234 g/mol. The Labute approximate surface area is 116 Å². The van der Waals surface area contributed by atoms with Crippen LogP contribution >= 0.6 is 0 Å². The lowest BCUT2D eigenvalue weighted by molar-refractivity contribution is 0.129. The van der Waals surface area contributed by atoms with Crippen molar-refractivity contribution in [1.29, 1.82) is 0 Å². The lowest BCUT2D eigenvalue weighted by atomic mass is 9.62. The molecule has 0 heterocycles. The van der Waals surface area contributed by atoms with E-state index in [1.807, 2.05) is 0 Å². The van der Waals surface area contributed by atoms with Gasteiger partial charge in [-0.25, -0.2) is 0 Å². The van der Waals surface area contributed by atoms with Crippen LogP contribution in [0.1, 0.15) is 48.8 Å². The molecule has 0 unspecified atom stereocenters. The second kappa shape index (κ2) is 4.82. The lowest BCUT2D eigenvalue weighted by Crippen LogP contribution is -2.51. The van der Waals surface area contributed by atoms with E-state index < -0.39 is 0 Å². The summed E-state index contributed by atoms with van der Waals surface area (Å²) in [7, 11) is 3.91. The molecule has 1 aromatic rings. The normalized spacial score (nSPS) is 29.5. The van der Waals surface area contributed by atoms with Crippen LogP contribution in [-0.2, 0) is 12.0 Å². The number of aryl methyl sites for hydroxylation is 1. The van der Waals surface area contributed by atoms with Crippen LogP contribution in [-0.4, -0.2) is 14.2 Å². The molecule has 2 nitrogen and oxygen atoms in total. The fourth-order valence-electron chi connectivity index (χ4n) is 4.40. The Kier molecular flexibility index (Phi) is 3.30. The Balaban J connectivity index is 2.16. The van der Waals surface area contributed by atoms with Gasteiger partial charge in [-0.05, 0) is 74.4 Å². The summed E-state index contributed by atoms with van der Waals surface area (Å²) < 4.78 is 5.50. The third-order valence-electron chi connectivity index (χ3n) is 5.42. The van der Waals surface area contributed by atoms with Gasteiger partial charge in [-0.2, -0.15) is 0 Å². The molecule has 0 aromatic heterocycles. The molecule has 1 aromatic carbocycles. The summed E-state index contributed by atoms with van der Waals surface area (Å²) in [6, 6.07) is 4.47. The number of nitrogens with one attached hydrogen (secondary N) is 1. The molecule has 2 atom stereocenters. The molecule has 1 N–H and O–H groups in total. The van der Waals surface area contributed by atoms with Crippen LogP contribution in [0.3, 0.4) is 0 Å². The van der Waals surface area contributed by atoms with E-state index in [2.05, 4.69) is 31.4 Å². The number of rotatable bonds is 2. The fourth-order valence-corrected chi connectivity index (χ4v) is 4.40. The van der Waals surface area contributed by atoms with Crippen molar-refractivity contribution < 1.29 is 4.74 Å². The maximum atomic E-state index is 5.50. The molecule has 2 aliphatic rings. The minimum Gasteiger partial charge on any atom is -0.497 e. The number of fused-ring (bicyclic) bond motifs is 3. The van der Waals surface area contributed by atoms with Gasteiger partial charge in [0.1, 0.15) is 5.75 Å². The summed E-state index contributed by atoms with van der Waals surface area (Å²) in [4.78, 5) is 0. The summed E-state index contributed by atoms with van der Waals surface area (Å²) in [6.07, 6.45) is 7.95. The summed E-state index contributed by atoms with van der Waals surface area (Å²) in [6.45, 7) is 2.23. The van der Waals surface area contributed by atoms with E-state index in [1.165, 1.54) is 49.7 Å². The fraction of sp³-hybridized carbons (Fsp3) is 0.647. The van der Waals surface area contributed by atoms with Crippen molar-refractivity contribution in [2.45, 2.75) is 51.0 Å². The van der Waals surface area contributed by atoms with Crippen molar-refractivity contribution in [2.24, 2.45) is 5.92 Å². The van der Waals surface area contributed by atoms with E-state index in [-0.39, 0.29) is 5.54 Å². The van der Waals surface area contributed by atoms with Gasteiger partial charge in [0.2, 0.25) is 0 Å². The van der Waals surface area contributed by atoms with Crippen LogP contribution in [0.4, 0.5) is 0 Å². The maximum absolute atomic E-state index is 5.50. The maximum Gasteiger partial charge on any atom is 0.119 e. The van der Waals surface area contributed by atoms with E-state index in [4.69, 9.17) is 4.74 Å². The Hall–Kier alpha value is -1.02. The van der Waals surface area contributed by atoms with Gasteiger partial charge in [0.05, 0.1) is 7.11 Å². The highest BCUT2D eigenvalue weighted by Crippen LogP contribution is 2.49. The molecule has 0 radical (unpaired) electrons. The molecule has 1 saturated carbocycles. The van der Waals surface area contributed by atoms with Crippen molar-refractivity contribution in [1.82, 2.24) is 5.32 Å². The van der Waals surface area contributed by atoms with Gasteiger partial charge in [0, 0.05) is 5.54 Å². The highest BCUT2D eigenvalue weighted by Gasteiger charge is 2.44. The van der Waals surface area contributed by atoms with Crippen LogP contribution < -0.4 is 10.1 Å². The molecule has 0 aliphatic heterocycles. The summed E-state index contributed by atoms with van der Waals surface area (Å²) in [5.74, 6) is 1.81. The van der Waals surface area contributed by atoms with Gasteiger partial charge in [-0.1, -0.05) is 12.8 Å². The van der Waals surface area contributed by atoms with E-state index >= 15 is 0 Å². The third-order valence-corrected chi connectivity index (χ3v) is 5.42. The molecule has 0 bridgehead atoms. The van der Waals surface area contributed by atoms with Crippen molar-refractivity contribution in [3.63, 3.8) is 0 Å². The molecule has 2 heteroatoms. The zero-order valence-electron chi connectivity index (χ0n) is 12.4. The summed E-state index contributed by atoms with van der Waals surface area (Å²) >= 11 is 0. The first-order valence-corrected chi connectivity index (χ1v) is 7.58.